The monoisotopic (exact) mass is 381 g/mol. The largest absolute Gasteiger partial charge is 0.398 e. The summed E-state index contributed by atoms with van der Waals surface area (Å²) in [7, 11) is 1.91. The van der Waals surface area contributed by atoms with Gasteiger partial charge >= 0.3 is 0 Å². The standard InChI is InChI=1S/C21H27N5O2/c1-14(27)26-9-6-19(23-15-7-10-28-11-8-15)18(13-26)21(22)16-4-3-5-20-17(16)12-25(2)24-20/h3-5,12,15H,6-11,13,22H2,1-2H3. The maximum absolute atomic E-state index is 12.0. The lowest BCUT2D eigenvalue weighted by Gasteiger charge is -2.31. The van der Waals surface area contributed by atoms with Gasteiger partial charge in [-0.2, -0.15) is 5.10 Å². The number of amides is 1. The molecule has 7 heteroatoms. The van der Waals surface area contributed by atoms with Gasteiger partial charge in [0.15, 0.2) is 0 Å². The summed E-state index contributed by atoms with van der Waals surface area (Å²) in [6, 6.07) is 6.24. The van der Waals surface area contributed by atoms with Crippen LogP contribution in [0, 0.1) is 0 Å². The van der Waals surface area contributed by atoms with E-state index in [9.17, 15) is 4.79 Å². The Morgan fingerprint density at radius 3 is 2.86 bits per heavy atom. The molecule has 1 amide bonds. The Hall–Kier alpha value is -2.67. The molecule has 0 atom stereocenters. The minimum atomic E-state index is 0.0648. The van der Waals surface area contributed by atoms with Crippen LogP contribution in [0.25, 0.3) is 16.6 Å². The molecule has 2 aliphatic rings. The van der Waals surface area contributed by atoms with Gasteiger partial charge in [0.25, 0.3) is 0 Å². The van der Waals surface area contributed by atoms with Gasteiger partial charge in [0.05, 0.1) is 11.6 Å². The molecule has 1 aromatic carbocycles. The summed E-state index contributed by atoms with van der Waals surface area (Å²) in [5.41, 5.74) is 11.2. The Morgan fingerprint density at radius 2 is 2.11 bits per heavy atom. The predicted molar refractivity (Wildman–Crippen MR) is 110 cm³/mol. The van der Waals surface area contributed by atoms with Gasteiger partial charge in [0, 0.05) is 80.8 Å². The Balaban J connectivity index is 1.79. The smallest absolute Gasteiger partial charge is 0.219 e. The summed E-state index contributed by atoms with van der Waals surface area (Å²) in [6.45, 7) is 4.30. The molecule has 0 saturated carbocycles. The van der Waals surface area contributed by atoms with Crippen LogP contribution >= 0.6 is 0 Å². The molecule has 0 bridgehead atoms. The van der Waals surface area contributed by atoms with Gasteiger partial charge in [-0.15, -0.1) is 0 Å². The van der Waals surface area contributed by atoms with E-state index in [1.807, 2.05) is 36.3 Å². The molecule has 7 nitrogen and oxygen atoms in total. The van der Waals surface area contributed by atoms with Crippen molar-refractivity contribution >= 4 is 28.2 Å². The topological polar surface area (TPSA) is 85.7 Å². The van der Waals surface area contributed by atoms with E-state index in [1.165, 1.54) is 0 Å². The van der Waals surface area contributed by atoms with E-state index >= 15 is 0 Å². The van der Waals surface area contributed by atoms with Gasteiger partial charge in [0.1, 0.15) is 0 Å². The third-order valence-electron chi connectivity index (χ3n) is 5.57. The first-order valence-electron chi connectivity index (χ1n) is 9.84. The highest BCUT2D eigenvalue weighted by atomic mass is 16.5. The summed E-state index contributed by atoms with van der Waals surface area (Å²) in [5.74, 6) is 0.0648. The van der Waals surface area contributed by atoms with Crippen molar-refractivity contribution in [2.24, 2.45) is 17.8 Å². The molecule has 2 aliphatic heterocycles. The van der Waals surface area contributed by atoms with E-state index in [4.69, 9.17) is 15.5 Å². The Bertz CT molecular complexity index is 953. The average Bonchev–Trinajstić information content (AvgIpc) is 3.08. The van der Waals surface area contributed by atoms with Gasteiger partial charge < -0.3 is 15.4 Å². The fourth-order valence-corrected chi connectivity index (χ4v) is 4.00. The second-order valence-electron chi connectivity index (χ2n) is 7.54. The number of rotatable bonds is 2. The summed E-state index contributed by atoms with van der Waals surface area (Å²) in [4.78, 5) is 18.9. The van der Waals surface area contributed by atoms with Gasteiger partial charge in [-0.25, -0.2) is 0 Å². The summed E-state index contributed by atoms with van der Waals surface area (Å²) in [6.07, 6.45) is 4.59. The van der Waals surface area contributed by atoms with Crippen LogP contribution in [0.3, 0.4) is 0 Å². The van der Waals surface area contributed by atoms with E-state index in [1.54, 1.807) is 11.6 Å². The number of likely N-dealkylation sites (tertiary alicyclic amines) is 1. The number of piperidine rings is 1. The van der Waals surface area contributed by atoms with E-state index in [0.29, 0.717) is 18.8 Å². The molecular formula is C21H27N5O2. The van der Waals surface area contributed by atoms with E-state index in [2.05, 4.69) is 5.10 Å². The van der Waals surface area contributed by atoms with E-state index in [-0.39, 0.29) is 11.9 Å². The fourth-order valence-electron chi connectivity index (χ4n) is 4.00. The van der Waals surface area contributed by atoms with Crippen LogP contribution in [0.4, 0.5) is 0 Å². The van der Waals surface area contributed by atoms with E-state index < -0.39 is 0 Å². The zero-order valence-corrected chi connectivity index (χ0v) is 16.5. The number of carbonyl (C=O) groups is 1. The highest BCUT2D eigenvalue weighted by molar-refractivity contribution is 6.09. The average molecular weight is 381 g/mol. The molecule has 4 rings (SSSR count). The molecule has 1 aromatic heterocycles. The molecule has 0 radical (unpaired) electrons. The maximum Gasteiger partial charge on any atom is 0.219 e. The fraction of sp³-hybridized carbons (Fsp3) is 0.476. The molecule has 0 spiro atoms. The summed E-state index contributed by atoms with van der Waals surface area (Å²) >= 11 is 0. The Kier molecular flexibility index (Phi) is 5.17. The van der Waals surface area contributed by atoms with Crippen LogP contribution in [0.5, 0.6) is 0 Å². The molecule has 2 fully saturated rings. The first-order valence-corrected chi connectivity index (χ1v) is 9.84. The van der Waals surface area contributed by atoms with Crippen molar-refractivity contribution in [2.75, 3.05) is 26.3 Å². The van der Waals surface area contributed by atoms with Crippen LogP contribution in [0.15, 0.2) is 35.0 Å². The zero-order chi connectivity index (χ0) is 19.7. The van der Waals surface area contributed by atoms with Crippen molar-refractivity contribution in [3.8, 4) is 0 Å². The SMILES string of the molecule is CC(=O)N1CCC(=NC2CCOCC2)C(=C(N)c2cccc3nn(C)cc23)C1. The van der Waals surface area contributed by atoms with Crippen LogP contribution in [-0.4, -0.2) is 58.6 Å². The number of nitrogens with zero attached hydrogens (tertiary/aromatic N) is 4. The van der Waals surface area contributed by atoms with Crippen molar-refractivity contribution in [1.29, 1.82) is 0 Å². The quantitative estimate of drug-likeness (QED) is 0.863. The predicted octanol–water partition coefficient (Wildman–Crippen LogP) is 2.12. The molecule has 2 saturated heterocycles. The van der Waals surface area contributed by atoms with Crippen LogP contribution in [-0.2, 0) is 16.6 Å². The number of benzene rings is 1. The van der Waals surface area contributed by atoms with Gasteiger partial charge in [-0.3, -0.25) is 14.5 Å². The van der Waals surface area contributed by atoms with Crippen LogP contribution in [0.2, 0.25) is 0 Å². The molecular weight excluding hydrogens is 354 g/mol. The molecule has 2 N–H and O–H groups in total. The lowest BCUT2D eigenvalue weighted by molar-refractivity contribution is -0.128. The Morgan fingerprint density at radius 1 is 1.32 bits per heavy atom. The normalized spacial score (nSPS) is 22.1. The number of hydrogen-bond acceptors (Lipinski definition) is 5. The third kappa shape index (κ3) is 3.67. The van der Waals surface area contributed by atoms with E-state index in [0.717, 1.165) is 60.2 Å². The van der Waals surface area contributed by atoms with Crippen molar-refractivity contribution in [3.63, 3.8) is 0 Å². The minimum Gasteiger partial charge on any atom is -0.398 e. The van der Waals surface area contributed by atoms with Crippen molar-refractivity contribution in [2.45, 2.75) is 32.2 Å². The first kappa shape index (κ1) is 18.7. The van der Waals surface area contributed by atoms with Crippen LogP contribution in [0.1, 0.15) is 31.7 Å². The zero-order valence-electron chi connectivity index (χ0n) is 16.5. The number of nitrogens with two attached hydrogens (primary N) is 1. The second kappa shape index (κ2) is 7.75. The lowest BCUT2D eigenvalue weighted by Crippen LogP contribution is -2.40. The minimum absolute atomic E-state index is 0.0648. The summed E-state index contributed by atoms with van der Waals surface area (Å²) < 4.78 is 7.26. The molecule has 0 unspecified atom stereocenters. The number of carbonyl (C=O) groups excluding carboxylic acids is 1. The third-order valence-corrected chi connectivity index (χ3v) is 5.57. The molecule has 0 aliphatic carbocycles. The molecule has 3 heterocycles. The lowest BCUT2D eigenvalue weighted by atomic mass is 9.94. The molecule has 148 valence electrons. The number of hydrogen-bond donors (Lipinski definition) is 1. The highest BCUT2D eigenvalue weighted by Crippen LogP contribution is 2.27. The second-order valence-corrected chi connectivity index (χ2v) is 7.54. The van der Waals surface area contributed by atoms with Gasteiger partial charge in [-0.05, 0) is 18.9 Å². The number of ether oxygens (including phenoxy) is 1. The van der Waals surface area contributed by atoms with Gasteiger partial charge in [0.2, 0.25) is 5.91 Å². The number of fused-ring (bicyclic) bond motifs is 1. The maximum atomic E-state index is 12.0. The number of aliphatic imine (C=N–C) groups is 1. The van der Waals surface area contributed by atoms with Gasteiger partial charge in [-0.1, -0.05) is 12.1 Å². The van der Waals surface area contributed by atoms with Crippen LogP contribution < -0.4 is 5.73 Å². The van der Waals surface area contributed by atoms with Crippen molar-refractivity contribution in [1.82, 2.24) is 14.7 Å². The highest BCUT2D eigenvalue weighted by Gasteiger charge is 2.26. The van der Waals surface area contributed by atoms with Crippen molar-refractivity contribution < 1.29 is 9.53 Å². The number of aromatic nitrogens is 2. The summed E-state index contributed by atoms with van der Waals surface area (Å²) in [5, 5.41) is 5.50. The number of aryl methyl sites for hydroxylation is 1. The molecule has 28 heavy (non-hydrogen) atoms. The Labute approximate surface area is 164 Å². The molecule has 2 aromatic rings. The first-order chi connectivity index (χ1) is 13.5. The van der Waals surface area contributed by atoms with Crippen molar-refractivity contribution in [3.05, 3.63) is 35.5 Å².